The molecule has 1 fully saturated rings. The van der Waals surface area contributed by atoms with Crippen LogP contribution in [0.4, 0.5) is 5.69 Å². The highest BCUT2D eigenvalue weighted by atomic mass is 35.5. The quantitative estimate of drug-likeness (QED) is 0.699. The number of hydrogen-bond acceptors (Lipinski definition) is 3. The third-order valence-corrected chi connectivity index (χ3v) is 2.49. The lowest BCUT2D eigenvalue weighted by Gasteiger charge is -2.24. The number of piperidine rings is 1. The SMILES string of the molecule is Cc1n[nH]cc1NC1CCCNC1.Cl. The lowest BCUT2D eigenvalue weighted by molar-refractivity contribution is 0.480. The van der Waals surface area contributed by atoms with Crippen molar-refractivity contribution in [3.8, 4) is 0 Å². The monoisotopic (exact) mass is 216 g/mol. The maximum absolute atomic E-state index is 4.07. The van der Waals surface area contributed by atoms with E-state index >= 15 is 0 Å². The van der Waals surface area contributed by atoms with Crippen molar-refractivity contribution in [1.29, 1.82) is 0 Å². The Bertz CT molecular complexity index is 268. The number of aromatic nitrogens is 2. The largest absolute Gasteiger partial charge is 0.378 e. The summed E-state index contributed by atoms with van der Waals surface area (Å²) in [5.74, 6) is 0. The minimum absolute atomic E-state index is 0. The Morgan fingerprint density at radius 3 is 3.00 bits per heavy atom. The molecule has 14 heavy (non-hydrogen) atoms. The van der Waals surface area contributed by atoms with E-state index in [0.29, 0.717) is 6.04 Å². The van der Waals surface area contributed by atoms with Crippen LogP contribution < -0.4 is 10.6 Å². The van der Waals surface area contributed by atoms with Crippen LogP contribution in [0.5, 0.6) is 0 Å². The summed E-state index contributed by atoms with van der Waals surface area (Å²) in [6, 6.07) is 0.560. The lowest BCUT2D eigenvalue weighted by atomic mass is 10.1. The molecule has 3 N–H and O–H groups in total. The van der Waals surface area contributed by atoms with E-state index < -0.39 is 0 Å². The van der Waals surface area contributed by atoms with Crippen molar-refractivity contribution >= 4 is 18.1 Å². The van der Waals surface area contributed by atoms with Crippen LogP contribution in [-0.4, -0.2) is 29.3 Å². The van der Waals surface area contributed by atoms with Gasteiger partial charge in [-0.05, 0) is 26.3 Å². The topological polar surface area (TPSA) is 52.7 Å². The normalized spacial score (nSPS) is 21.4. The van der Waals surface area contributed by atoms with Crippen molar-refractivity contribution in [3.05, 3.63) is 11.9 Å². The molecule has 1 aromatic rings. The molecular weight excluding hydrogens is 200 g/mol. The molecule has 2 rings (SSSR count). The van der Waals surface area contributed by atoms with Gasteiger partial charge < -0.3 is 10.6 Å². The Labute approximate surface area is 90.3 Å². The Morgan fingerprint density at radius 2 is 2.43 bits per heavy atom. The summed E-state index contributed by atoms with van der Waals surface area (Å²) in [5.41, 5.74) is 2.18. The first-order chi connectivity index (χ1) is 6.36. The molecule has 0 radical (unpaired) electrons. The van der Waals surface area contributed by atoms with Gasteiger partial charge in [-0.2, -0.15) is 5.10 Å². The van der Waals surface area contributed by atoms with Crippen molar-refractivity contribution < 1.29 is 0 Å². The van der Waals surface area contributed by atoms with E-state index in [4.69, 9.17) is 0 Å². The van der Waals surface area contributed by atoms with Crippen LogP contribution in [0.2, 0.25) is 0 Å². The maximum atomic E-state index is 4.07. The molecule has 1 atom stereocenters. The maximum Gasteiger partial charge on any atom is 0.0822 e. The van der Waals surface area contributed by atoms with Gasteiger partial charge in [-0.3, -0.25) is 5.10 Å². The molecule has 80 valence electrons. The van der Waals surface area contributed by atoms with Gasteiger partial charge in [0.15, 0.2) is 0 Å². The van der Waals surface area contributed by atoms with Crippen LogP contribution in [0.15, 0.2) is 6.20 Å². The van der Waals surface area contributed by atoms with Gasteiger partial charge in [-0.25, -0.2) is 0 Å². The number of H-pyrrole nitrogens is 1. The fourth-order valence-corrected chi connectivity index (χ4v) is 1.70. The molecule has 0 amide bonds. The zero-order valence-electron chi connectivity index (χ0n) is 8.34. The van der Waals surface area contributed by atoms with E-state index in [1.807, 2.05) is 13.1 Å². The van der Waals surface area contributed by atoms with Crippen molar-refractivity contribution in [2.45, 2.75) is 25.8 Å². The average Bonchev–Trinajstić information content (AvgIpc) is 2.54. The fourth-order valence-electron chi connectivity index (χ4n) is 1.70. The van der Waals surface area contributed by atoms with Crippen molar-refractivity contribution in [3.63, 3.8) is 0 Å². The van der Waals surface area contributed by atoms with E-state index in [-0.39, 0.29) is 12.4 Å². The average molecular weight is 217 g/mol. The fraction of sp³-hybridized carbons (Fsp3) is 0.667. The van der Waals surface area contributed by atoms with E-state index in [9.17, 15) is 0 Å². The standard InChI is InChI=1S/C9H16N4.ClH/c1-7-9(6-11-13-7)12-8-3-2-4-10-5-8;/h6,8,10,12H,2-5H2,1H3,(H,11,13);1H. The molecule has 4 nitrogen and oxygen atoms in total. The second kappa shape index (κ2) is 5.22. The van der Waals surface area contributed by atoms with Gasteiger partial charge in [-0.15, -0.1) is 12.4 Å². The molecule has 0 aliphatic carbocycles. The summed E-state index contributed by atoms with van der Waals surface area (Å²) >= 11 is 0. The van der Waals surface area contributed by atoms with E-state index in [1.165, 1.54) is 12.8 Å². The third kappa shape index (κ3) is 2.62. The highest BCUT2D eigenvalue weighted by Gasteiger charge is 2.13. The smallest absolute Gasteiger partial charge is 0.0822 e. The van der Waals surface area contributed by atoms with Crippen LogP contribution in [0.25, 0.3) is 0 Å². The van der Waals surface area contributed by atoms with Gasteiger partial charge in [0, 0.05) is 18.8 Å². The number of nitrogens with one attached hydrogen (secondary N) is 3. The van der Waals surface area contributed by atoms with E-state index in [1.54, 1.807) is 0 Å². The molecule has 0 saturated carbocycles. The van der Waals surface area contributed by atoms with Crippen LogP contribution >= 0.6 is 12.4 Å². The summed E-state index contributed by atoms with van der Waals surface area (Å²) in [4.78, 5) is 0. The molecule has 1 saturated heterocycles. The molecule has 1 aliphatic heterocycles. The van der Waals surface area contributed by atoms with Crippen LogP contribution in [0.1, 0.15) is 18.5 Å². The van der Waals surface area contributed by atoms with Gasteiger partial charge in [0.1, 0.15) is 0 Å². The van der Waals surface area contributed by atoms with Crippen LogP contribution in [0, 0.1) is 6.92 Å². The van der Waals surface area contributed by atoms with Gasteiger partial charge in [0.2, 0.25) is 0 Å². The summed E-state index contributed by atoms with van der Waals surface area (Å²) in [6.07, 6.45) is 4.43. The zero-order valence-corrected chi connectivity index (χ0v) is 9.16. The summed E-state index contributed by atoms with van der Waals surface area (Å²) < 4.78 is 0. The zero-order chi connectivity index (χ0) is 9.10. The second-order valence-corrected chi connectivity index (χ2v) is 3.57. The number of anilines is 1. The highest BCUT2D eigenvalue weighted by molar-refractivity contribution is 5.85. The van der Waals surface area contributed by atoms with Crippen LogP contribution in [-0.2, 0) is 0 Å². The minimum atomic E-state index is 0. The number of nitrogens with zero attached hydrogens (tertiary/aromatic N) is 1. The summed E-state index contributed by atoms with van der Waals surface area (Å²) in [7, 11) is 0. The van der Waals surface area contributed by atoms with E-state index in [2.05, 4.69) is 20.8 Å². The van der Waals surface area contributed by atoms with Gasteiger partial charge in [0.25, 0.3) is 0 Å². The summed E-state index contributed by atoms with van der Waals surface area (Å²) in [5, 5.41) is 13.8. The van der Waals surface area contributed by atoms with Gasteiger partial charge in [0.05, 0.1) is 11.4 Å². The molecular formula is C9H17ClN4. The number of hydrogen-bond donors (Lipinski definition) is 3. The predicted molar refractivity (Wildman–Crippen MR) is 60.1 cm³/mol. The third-order valence-electron chi connectivity index (χ3n) is 2.49. The first-order valence-electron chi connectivity index (χ1n) is 4.84. The number of halogens is 1. The molecule has 0 aromatic carbocycles. The Balaban J connectivity index is 0.000000980. The molecule has 1 aliphatic rings. The number of rotatable bonds is 2. The second-order valence-electron chi connectivity index (χ2n) is 3.57. The van der Waals surface area contributed by atoms with E-state index in [0.717, 1.165) is 24.5 Å². The molecule has 0 spiro atoms. The van der Waals surface area contributed by atoms with Crippen molar-refractivity contribution in [2.24, 2.45) is 0 Å². The first-order valence-corrected chi connectivity index (χ1v) is 4.84. The number of aromatic amines is 1. The Hall–Kier alpha value is -0.740. The van der Waals surface area contributed by atoms with Crippen molar-refractivity contribution in [1.82, 2.24) is 15.5 Å². The lowest BCUT2D eigenvalue weighted by Crippen LogP contribution is -2.38. The number of aryl methyl sites for hydroxylation is 1. The van der Waals surface area contributed by atoms with Gasteiger partial charge in [-0.1, -0.05) is 0 Å². The molecule has 1 aromatic heterocycles. The van der Waals surface area contributed by atoms with Gasteiger partial charge >= 0.3 is 0 Å². The van der Waals surface area contributed by atoms with Crippen molar-refractivity contribution in [2.75, 3.05) is 18.4 Å². The Morgan fingerprint density at radius 1 is 1.57 bits per heavy atom. The molecule has 1 unspecified atom stereocenters. The molecule has 5 heteroatoms. The first kappa shape index (κ1) is 11.3. The minimum Gasteiger partial charge on any atom is -0.378 e. The Kier molecular flexibility index (Phi) is 4.22. The highest BCUT2D eigenvalue weighted by Crippen LogP contribution is 2.14. The van der Waals surface area contributed by atoms with Crippen LogP contribution in [0.3, 0.4) is 0 Å². The molecule has 2 heterocycles. The molecule has 0 bridgehead atoms. The summed E-state index contributed by atoms with van der Waals surface area (Å²) in [6.45, 7) is 4.22. The predicted octanol–water partition coefficient (Wildman–Crippen LogP) is 1.30.